The molecular weight excluding hydrogens is 371 g/mol. The van der Waals surface area contributed by atoms with Crippen molar-refractivity contribution in [3.63, 3.8) is 0 Å². The number of imide groups is 1. The smallest absolute Gasteiger partial charge is 0.329 e. The van der Waals surface area contributed by atoms with Gasteiger partial charge in [-0.2, -0.15) is 0 Å². The Hall–Kier alpha value is -2.87. The molecule has 6 nitrogen and oxygen atoms in total. The van der Waals surface area contributed by atoms with E-state index in [0.29, 0.717) is 11.4 Å². The molecule has 0 aliphatic carbocycles. The molecule has 0 spiro atoms. The van der Waals surface area contributed by atoms with Gasteiger partial charge in [0.05, 0.1) is 11.5 Å². The number of amides is 2. The maximum Gasteiger partial charge on any atom is 0.329 e. The molecule has 1 atom stereocenters. The van der Waals surface area contributed by atoms with Crippen LogP contribution >= 0.6 is 11.8 Å². The molecule has 8 heteroatoms. The van der Waals surface area contributed by atoms with Crippen molar-refractivity contribution in [2.24, 2.45) is 0 Å². The first kappa shape index (κ1) is 18.9. The highest BCUT2D eigenvalue weighted by molar-refractivity contribution is 8.18. The van der Waals surface area contributed by atoms with Crippen molar-refractivity contribution < 1.29 is 23.5 Å². The lowest BCUT2D eigenvalue weighted by Gasteiger charge is -2.19. The Morgan fingerprint density at radius 1 is 1.26 bits per heavy atom. The van der Waals surface area contributed by atoms with Gasteiger partial charge in [0.25, 0.3) is 11.1 Å². The third-order valence-corrected chi connectivity index (χ3v) is 4.89. The van der Waals surface area contributed by atoms with E-state index in [1.807, 2.05) is 0 Å². The van der Waals surface area contributed by atoms with Crippen LogP contribution < -0.4 is 0 Å². The summed E-state index contributed by atoms with van der Waals surface area (Å²) in [6, 6.07) is 8.46. The Bertz CT molecular complexity index is 920. The van der Waals surface area contributed by atoms with Gasteiger partial charge in [-0.25, -0.2) is 9.18 Å². The second-order valence-corrected chi connectivity index (χ2v) is 6.75. The Morgan fingerprint density at radius 2 is 1.96 bits per heavy atom. The van der Waals surface area contributed by atoms with E-state index in [2.05, 4.69) is 0 Å². The average molecular weight is 388 g/mol. The van der Waals surface area contributed by atoms with Crippen LogP contribution in [0.2, 0.25) is 0 Å². The molecule has 3 rings (SSSR count). The maximum atomic E-state index is 13.1. The number of esters is 1. The molecule has 140 valence electrons. The number of halogens is 1. The molecule has 1 aliphatic heterocycles. The Kier molecular flexibility index (Phi) is 5.46. The van der Waals surface area contributed by atoms with Gasteiger partial charge in [-0.1, -0.05) is 0 Å². The lowest BCUT2D eigenvalue weighted by Crippen LogP contribution is -2.42. The summed E-state index contributed by atoms with van der Waals surface area (Å²) in [6.07, 6.45) is 3.34. The number of rotatable bonds is 5. The van der Waals surface area contributed by atoms with Crippen LogP contribution in [-0.4, -0.2) is 39.2 Å². The molecule has 1 aliphatic rings. The van der Waals surface area contributed by atoms with Crippen molar-refractivity contribution in [2.45, 2.75) is 19.9 Å². The molecule has 1 saturated heterocycles. The van der Waals surface area contributed by atoms with E-state index in [4.69, 9.17) is 4.74 Å². The molecule has 0 saturated carbocycles. The van der Waals surface area contributed by atoms with E-state index < -0.39 is 23.2 Å². The molecule has 2 aromatic rings. The fourth-order valence-electron chi connectivity index (χ4n) is 2.66. The number of benzene rings is 1. The van der Waals surface area contributed by atoms with Crippen molar-refractivity contribution in [3.05, 3.63) is 59.0 Å². The van der Waals surface area contributed by atoms with E-state index in [1.54, 1.807) is 48.0 Å². The van der Waals surface area contributed by atoms with Gasteiger partial charge in [0, 0.05) is 17.6 Å². The van der Waals surface area contributed by atoms with Crippen molar-refractivity contribution in [1.29, 1.82) is 0 Å². The van der Waals surface area contributed by atoms with E-state index >= 15 is 0 Å². The number of hydrogen-bond acceptors (Lipinski definition) is 5. The van der Waals surface area contributed by atoms with Crippen LogP contribution in [0.15, 0.2) is 47.5 Å². The summed E-state index contributed by atoms with van der Waals surface area (Å²) >= 11 is 0.768. The number of carbonyl (C=O) groups is 3. The summed E-state index contributed by atoms with van der Waals surface area (Å²) < 4.78 is 19.8. The normalized spacial score (nSPS) is 16.9. The molecule has 1 aromatic heterocycles. The lowest BCUT2D eigenvalue weighted by atomic mass is 10.2. The van der Waals surface area contributed by atoms with Crippen molar-refractivity contribution in [1.82, 2.24) is 9.47 Å². The van der Waals surface area contributed by atoms with Gasteiger partial charge in [-0.05, 0) is 68.1 Å². The first-order valence-electron chi connectivity index (χ1n) is 8.29. The van der Waals surface area contributed by atoms with Crippen LogP contribution in [-0.2, 0) is 14.3 Å². The minimum Gasteiger partial charge on any atom is -0.464 e. The average Bonchev–Trinajstić information content (AvgIpc) is 3.20. The van der Waals surface area contributed by atoms with E-state index in [-0.39, 0.29) is 17.3 Å². The number of aromatic nitrogens is 1. The van der Waals surface area contributed by atoms with Gasteiger partial charge in [-0.15, -0.1) is 0 Å². The van der Waals surface area contributed by atoms with E-state index in [0.717, 1.165) is 16.7 Å². The quantitative estimate of drug-likeness (QED) is 0.578. The molecule has 1 fully saturated rings. The molecule has 1 unspecified atom stereocenters. The number of ether oxygens (including phenoxy) is 1. The van der Waals surface area contributed by atoms with Gasteiger partial charge < -0.3 is 9.30 Å². The SMILES string of the molecule is CCOC(=O)C(C)N1C(=O)S/C(=C/c2cccn2-c2ccc(F)cc2)C1=O. The van der Waals surface area contributed by atoms with E-state index in [9.17, 15) is 18.8 Å². The molecule has 2 amide bonds. The fraction of sp³-hybridized carbons (Fsp3) is 0.211. The van der Waals surface area contributed by atoms with Crippen LogP contribution in [0.25, 0.3) is 11.8 Å². The van der Waals surface area contributed by atoms with Crippen LogP contribution in [0.1, 0.15) is 19.5 Å². The summed E-state index contributed by atoms with van der Waals surface area (Å²) in [4.78, 5) is 37.9. The Labute approximate surface area is 159 Å². The van der Waals surface area contributed by atoms with Crippen LogP contribution in [0.4, 0.5) is 9.18 Å². The summed E-state index contributed by atoms with van der Waals surface area (Å²) in [5.41, 5.74) is 1.36. The minimum atomic E-state index is -0.993. The van der Waals surface area contributed by atoms with Gasteiger partial charge in [0.1, 0.15) is 11.9 Å². The molecule has 0 radical (unpaired) electrons. The second kappa shape index (κ2) is 7.79. The lowest BCUT2D eigenvalue weighted by molar-refractivity contribution is -0.150. The largest absolute Gasteiger partial charge is 0.464 e. The molecule has 2 heterocycles. The molecule has 27 heavy (non-hydrogen) atoms. The second-order valence-electron chi connectivity index (χ2n) is 5.76. The number of thioether (sulfide) groups is 1. The summed E-state index contributed by atoms with van der Waals surface area (Å²) in [5.74, 6) is -1.52. The highest BCUT2D eigenvalue weighted by Gasteiger charge is 2.41. The van der Waals surface area contributed by atoms with Crippen LogP contribution in [0.3, 0.4) is 0 Å². The monoisotopic (exact) mass is 388 g/mol. The standard InChI is InChI=1S/C19H17FN2O4S/c1-3-26-18(24)12(2)22-17(23)16(27-19(22)25)11-15-5-4-10-21(15)14-8-6-13(20)7-9-14/h4-12H,3H2,1-2H3/b16-11+. The van der Waals surface area contributed by atoms with Gasteiger partial charge >= 0.3 is 5.97 Å². The molecular formula is C19H17FN2O4S. The summed E-state index contributed by atoms with van der Waals surface area (Å²) in [7, 11) is 0. The molecule has 0 N–H and O–H groups in total. The van der Waals surface area contributed by atoms with Crippen molar-refractivity contribution in [2.75, 3.05) is 6.61 Å². The predicted molar refractivity (Wildman–Crippen MR) is 99.6 cm³/mol. The van der Waals surface area contributed by atoms with Crippen molar-refractivity contribution in [3.8, 4) is 5.69 Å². The maximum absolute atomic E-state index is 13.1. The minimum absolute atomic E-state index is 0.167. The number of hydrogen-bond donors (Lipinski definition) is 0. The summed E-state index contributed by atoms with van der Waals surface area (Å²) in [6.45, 7) is 3.28. The highest BCUT2D eigenvalue weighted by Crippen LogP contribution is 2.34. The first-order chi connectivity index (χ1) is 12.9. The van der Waals surface area contributed by atoms with Crippen LogP contribution in [0.5, 0.6) is 0 Å². The Balaban J connectivity index is 1.88. The Morgan fingerprint density at radius 3 is 2.63 bits per heavy atom. The third kappa shape index (κ3) is 3.80. The van der Waals surface area contributed by atoms with Gasteiger partial charge in [-0.3, -0.25) is 14.5 Å². The number of nitrogens with zero attached hydrogens (tertiary/aromatic N) is 2. The fourth-order valence-corrected chi connectivity index (χ4v) is 3.56. The van der Waals surface area contributed by atoms with Crippen LogP contribution in [0, 0.1) is 5.82 Å². The van der Waals surface area contributed by atoms with Crippen molar-refractivity contribution >= 4 is 35.0 Å². The van der Waals surface area contributed by atoms with Gasteiger partial charge in [0.15, 0.2) is 0 Å². The zero-order valence-corrected chi connectivity index (χ0v) is 15.5. The highest BCUT2D eigenvalue weighted by atomic mass is 32.2. The zero-order chi connectivity index (χ0) is 19.6. The molecule has 1 aromatic carbocycles. The first-order valence-corrected chi connectivity index (χ1v) is 9.11. The zero-order valence-electron chi connectivity index (χ0n) is 14.7. The third-order valence-electron chi connectivity index (χ3n) is 4.00. The molecule has 0 bridgehead atoms. The van der Waals surface area contributed by atoms with E-state index in [1.165, 1.54) is 19.1 Å². The van der Waals surface area contributed by atoms with Gasteiger partial charge in [0.2, 0.25) is 0 Å². The predicted octanol–water partition coefficient (Wildman–Crippen LogP) is 3.60. The number of carbonyl (C=O) groups excluding carboxylic acids is 3. The summed E-state index contributed by atoms with van der Waals surface area (Å²) in [5, 5.41) is -0.522. The topological polar surface area (TPSA) is 68.6 Å².